The average Bonchev–Trinajstić information content (AvgIpc) is 3.11. The third-order valence-electron chi connectivity index (χ3n) is 5.26. The summed E-state index contributed by atoms with van der Waals surface area (Å²) in [6.07, 6.45) is 9.67. The van der Waals surface area contributed by atoms with Gasteiger partial charge in [0.2, 0.25) is 11.8 Å². The Kier molecular flexibility index (Phi) is 6.40. The minimum atomic E-state index is -0.424. The highest BCUT2D eigenvalue weighted by Gasteiger charge is 2.42. The van der Waals surface area contributed by atoms with Crippen LogP contribution in [-0.2, 0) is 9.59 Å². The highest BCUT2D eigenvalue weighted by molar-refractivity contribution is 8.01. The maximum absolute atomic E-state index is 12.9. The van der Waals surface area contributed by atoms with Crippen LogP contribution in [0.3, 0.4) is 0 Å². The quantitative estimate of drug-likeness (QED) is 0.814. The second kappa shape index (κ2) is 8.75. The van der Waals surface area contributed by atoms with Gasteiger partial charge in [-0.15, -0.1) is 11.8 Å². The van der Waals surface area contributed by atoms with Crippen molar-refractivity contribution >= 4 is 23.6 Å². The van der Waals surface area contributed by atoms with E-state index in [2.05, 4.69) is 10.6 Å². The molecule has 3 rings (SSSR count). The first-order chi connectivity index (χ1) is 12.2. The smallest absolute Gasteiger partial charge is 0.239 e. The first-order valence-electron chi connectivity index (χ1n) is 9.50. The number of benzene rings is 1. The fourth-order valence-corrected chi connectivity index (χ4v) is 5.29. The van der Waals surface area contributed by atoms with Gasteiger partial charge in [0.1, 0.15) is 0 Å². The summed E-state index contributed by atoms with van der Waals surface area (Å²) in [6, 6.07) is 10.4. The van der Waals surface area contributed by atoms with Crippen LogP contribution in [0.2, 0.25) is 0 Å². The fourth-order valence-electron chi connectivity index (χ4n) is 3.88. The maximum Gasteiger partial charge on any atom is 0.239 e. The van der Waals surface area contributed by atoms with Crippen LogP contribution in [0.4, 0.5) is 0 Å². The minimum absolute atomic E-state index is 0.0117. The molecule has 2 fully saturated rings. The molecule has 2 saturated carbocycles. The van der Waals surface area contributed by atoms with E-state index in [0.29, 0.717) is 0 Å². The molecular weight excluding hydrogens is 332 g/mol. The lowest BCUT2D eigenvalue weighted by Gasteiger charge is -2.27. The fraction of sp³-hybridized carbons (Fsp3) is 0.600. The molecule has 0 unspecified atom stereocenters. The van der Waals surface area contributed by atoms with E-state index in [-0.39, 0.29) is 24.4 Å². The molecule has 25 heavy (non-hydrogen) atoms. The minimum Gasteiger partial charge on any atom is -0.352 e. The van der Waals surface area contributed by atoms with Crippen LogP contribution in [0.25, 0.3) is 0 Å². The number of hydrogen-bond acceptors (Lipinski definition) is 3. The number of rotatable bonds is 6. The van der Waals surface area contributed by atoms with Crippen molar-refractivity contribution in [2.45, 2.75) is 73.5 Å². The molecule has 0 aliphatic heterocycles. The standard InChI is InChI=1S/C20H28N2O2S/c23-18(22-16-9-3-1-4-10-16)15-21-19(24)20(13-7-8-14-20)25-17-11-5-2-6-12-17/h2,5-6,11-12,16H,1,3-4,7-10,13-15H2,(H,21,24)(H,22,23). The van der Waals surface area contributed by atoms with E-state index in [1.165, 1.54) is 19.3 Å². The van der Waals surface area contributed by atoms with Crippen LogP contribution in [-0.4, -0.2) is 29.1 Å². The zero-order valence-electron chi connectivity index (χ0n) is 14.8. The van der Waals surface area contributed by atoms with Crippen molar-refractivity contribution in [1.29, 1.82) is 0 Å². The molecule has 4 nitrogen and oxygen atoms in total. The Labute approximate surface area is 154 Å². The van der Waals surface area contributed by atoms with Crippen LogP contribution in [0.1, 0.15) is 57.8 Å². The molecule has 0 bridgehead atoms. The average molecular weight is 361 g/mol. The van der Waals surface area contributed by atoms with E-state index in [1.807, 2.05) is 30.3 Å². The van der Waals surface area contributed by atoms with E-state index in [1.54, 1.807) is 11.8 Å². The second-order valence-corrected chi connectivity index (χ2v) is 8.66. The number of nitrogens with one attached hydrogen (secondary N) is 2. The summed E-state index contributed by atoms with van der Waals surface area (Å²) in [7, 11) is 0. The van der Waals surface area contributed by atoms with Gasteiger partial charge in [-0.25, -0.2) is 0 Å². The van der Waals surface area contributed by atoms with Gasteiger partial charge in [0.15, 0.2) is 0 Å². The molecule has 0 saturated heterocycles. The van der Waals surface area contributed by atoms with Crippen molar-refractivity contribution in [1.82, 2.24) is 10.6 Å². The van der Waals surface area contributed by atoms with Gasteiger partial charge in [0.05, 0.1) is 11.3 Å². The van der Waals surface area contributed by atoms with Crippen molar-refractivity contribution in [3.8, 4) is 0 Å². The molecule has 2 amide bonds. The molecule has 2 aliphatic carbocycles. The monoisotopic (exact) mass is 360 g/mol. The number of amides is 2. The summed E-state index contributed by atoms with van der Waals surface area (Å²) in [4.78, 5) is 26.1. The molecule has 1 aromatic carbocycles. The van der Waals surface area contributed by atoms with Gasteiger partial charge in [-0.3, -0.25) is 9.59 Å². The first-order valence-corrected chi connectivity index (χ1v) is 10.3. The van der Waals surface area contributed by atoms with E-state index in [4.69, 9.17) is 0 Å². The Morgan fingerprint density at radius 1 is 1.00 bits per heavy atom. The predicted molar refractivity (Wildman–Crippen MR) is 102 cm³/mol. The van der Waals surface area contributed by atoms with Gasteiger partial charge >= 0.3 is 0 Å². The molecule has 5 heteroatoms. The summed E-state index contributed by atoms with van der Waals surface area (Å²) in [6.45, 7) is 0.0897. The SMILES string of the molecule is O=C(CNC(=O)C1(Sc2ccccc2)CCCC1)NC1CCCCC1. The molecule has 2 N–H and O–H groups in total. The zero-order chi connectivity index (χ0) is 17.5. The lowest BCUT2D eigenvalue weighted by molar-refractivity contribution is -0.127. The Hall–Kier alpha value is -1.49. The number of carbonyl (C=O) groups is 2. The van der Waals surface area contributed by atoms with Gasteiger partial charge in [-0.05, 0) is 37.8 Å². The number of carbonyl (C=O) groups excluding carboxylic acids is 2. The van der Waals surface area contributed by atoms with E-state index in [0.717, 1.165) is 43.4 Å². The molecule has 136 valence electrons. The van der Waals surface area contributed by atoms with Crippen LogP contribution >= 0.6 is 11.8 Å². The van der Waals surface area contributed by atoms with Crippen LogP contribution in [0, 0.1) is 0 Å². The van der Waals surface area contributed by atoms with Crippen LogP contribution in [0.15, 0.2) is 35.2 Å². The van der Waals surface area contributed by atoms with E-state index in [9.17, 15) is 9.59 Å². The normalized spacial score (nSPS) is 20.2. The topological polar surface area (TPSA) is 58.2 Å². The first kappa shape index (κ1) is 18.3. The summed E-state index contributed by atoms with van der Waals surface area (Å²) in [5.41, 5.74) is 0. The highest BCUT2D eigenvalue weighted by Crippen LogP contribution is 2.45. The molecule has 0 atom stereocenters. The lowest BCUT2D eigenvalue weighted by Crippen LogP contribution is -2.48. The predicted octanol–water partition coefficient (Wildman–Crippen LogP) is 3.66. The largest absolute Gasteiger partial charge is 0.352 e. The summed E-state index contributed by atoms with van der Waals surface area (Å²) >= 11 is 1.65. The van der Waals surface area contributed by atoms with Crippen LogP contribution in [0.5, 0.6) is 0 Å². The van der Waals surface area contributed by atoms with E-state index >= 15 is 0 Å². The third-order valence-corrected chi connectivity index (χ3v) is 6.75. The second-order valence-electron chi connectivity index (χ2n) is 7.20. The van der Waals surface area contributed by atoms with Crippen molar-refractivity contribution in [3.63, 3.8) is 0 Å². The van der Waals surface area contributed by atoms with Crippen LogP contribution < -0.4 is 10.6 Å². The third kappa shape index (κ3) is 5.00. The highest BCUT2D eigenvalue weighted by atomic mass is 32.2. The van der Waals surface area contributed by atoms with Gasteiger partial charge in [0.25, 0.3) is 0 Å². The van der Waals surface area contributed by atoms with Gasteiger partial charge in [-0.2, -0.15) is 0 Å². The molecule has 0 heterocycles. The summed E-state index contributed by atoms with van der Waals surface area (Å²) in [5.74, 6) is -0.0456. The maximum atomic E-state index is 12.9. The Morgan fingerprint density at radius 3 is 2.36 bits per heavy atom. The van der Waals surface area contributed by atoms with Gasteiger partial charge in [-0.1, -0.05) is 50.3 Å². The molecular formula is C20H28N2O2S. The van der Waals surface area contributed by atoms with Crippen molar-refractivity contribution < 1.29 is 9.59 Å². The molecule has 2 aliphatic rings. The van der Waals surface area contributed by atoms with Crippen molar-refractivity contribution in [2.24, 2.45) is 0 Å². The molecule has 0 radical (unpaired) electrons. The molecule has 0 aromatic heterocycles. The summed E-state index contributed by atoms with van der Waals surface area (Å²) < 4.78 is -0.424. The molecule has 0 spiro atoms. The van der Waals surface area contributed by atoms with Gasteiger partial charge < -0.3 is 10.6 Å². The number of hydrogen-bond donors (Lipinski definition) is 2. The Balaban J connectivity index is 1.53. The van der Waals surface area contributed by atoms with Gasteiger partial charge in [0, 0.05) is 10.9 Å². The lowest BCUT2D eigenvalue weighted by atomic mass is 9.95. The Bertz CT molecular complexity index is 579. The zero-order valence-corrected chi connectivity index (χ0v) is 15.6. The number of thioether (sulfide) groups is 1. The Morgan fingerprint density at radius 2 is 1.68 bits per heavy atom. The van der Waals surface area contributed by atoms with E-state index < -0.39 is 4.75 Å². The van der Waals surface area contributed by atoms with Crippen molar-refractivity contribution in [3.05, 3.63) is 30.3 Å². The molecule has 1 aromatic rings. The summed E-state index contributed by atoms with van der Waals surface area (Å²) in [5, 5.41) is 5.97. The van der Waals surface area contributed by atoms with Crippen molar-refractivity contribution in [2.75, 3.05) is 6.54 Å².